The molecule has 0 aliphatic heterocycles. The van der Waals surface area contributed by atoms with Crippen molar-refractivity contribution in [1.29, 1.82) is 0 Å². The number of nitrogens with two attached hydrogens (primary N) is 1. The largest absolute Gasteiger partial charge is 0.442 e. The quantitative estimate of drug-likeness (QED) is 0.429. The number of carbonyl (C=O) groups is 1. The van der Waals surface area contributed by atoms with Crippen molar-refractivity contribution in [2.45, 2.75) is 18.9 Å². The summed E-state index contributed by atoms with van der Waals surface area (Å²) in [6.07, 6.45) is 0.319. The van der Waals surface area contributed by atoms with Gasteiger partial charge in [0, 0.05) is 17.3 Å². The summed E-state index contributed by atoms with van der Waals surface area (Å²) < 4.78 is 16.2. The third kappa shape index (κ3) is 6.74. The predicted octanol–water partition coefficient (Wildman–Crippen LogP) is 2.83. The summed E-state index contributed by atoms with van der Waals surface area (Å²) in [7, 11) is 1.57. The van der Waals surface area contributed by atoms with Crippen LogP contribution in [-0.2, 0) is 14.2 Å². The minimum atomic E-state index is -0.762. The number of primary amides is 1. The van der Waals surface area contributed by atoms with Gasteiger partial charge < -0.3 is 19.9 Å². The fraction of sp³-hybridized carbons (Fsp3) is 0.462. The summed E-state index contributed by atoms with van der Waals surface area (Å²) >= 11 is 2.22. The smallest absolute Gasteiger partial charge is 0.405 e. The summed E-state index contributed by atoms with van der Waals surface area (Å²) in [5.41, 5.74) is 6.05. The van der Waals surface area contributed by atoms with Gasteiger partial charge in [-0.05, 0) is 53.1 Å². The Morgan fingerprint density at radius 1 is 1.47 bits per heavy atom. The highest BCUT2D eigenvalue weighted by atomic mass is 127. The van der Waals surface area contributed by atoms with Crippen molar-refractivity contribution in [1.82, 2.24) is 0 Å². The van der Waals surface area contributed by atoms with Crippen LogP contribution in [0.1, 0.15) is 24.5 Å². The number of benzene rings is 1. The maximum atomic E-state index is 11.0. The first-order valence-electron chi connectivity index (χ1n) is 5.91. The molecule has 0 unspecified atom stereocenters. The molecule has 2 N–H and O–H groups in total. The Kier molecular flexibility index (Phi) is 7.76. The SMILES string of the molecule is COCOCCC[C@H](OC(N)=O)c1cccc(I)c1. The molecule has 6 heteroatoms. The molecule has 1 aromatic carbocycles. The van der Waals surface area contributed by atoms with E-state index in [2.05, 4.69) is 22.6 Å². The van der Waals surface area contributed by atoms with E-state index in [0.717, 1.165) is 15.6 Å². The Balaban J connectivity index is 2.54. The first-order chi connectivity index (χ1) is 9.13. The lowest BCUT2D eigenvalue weighted by molar-refractivity contribution is -0.0340. The van der Waals surface area contributed by atoms with Crippen LogP contribution >= 0.6 is 22.6 Å². The zero-order chi connectivity index (χ0) is 14.1. The monoisotopic (exact) mass is 379 g/mol. The van der Waals surface area contributed by atoms with Crippen molar-refractivity contribution in [3.05, 3.63) is 33.4 Å². The maximum Gasteiger partial charge on any atom is 0.405 e. The third-order valence-corrected chi connectivity index (χ3v) is 3.11. The molecule has 0 spiro atoms. The Morgan fingerprint density at radius 2 is 2.26 bits per heavy atom. The third-order valence-electron chi connectivity index (χ3n) is 2.44. The molecule has 0 radical (unpaired) electrons. The Morgan fingerprint density at radius 3 is 2.89 bits per heavy atom. The van der Waals surface area contributed by atoms with Crippen LogP contribution < -0.4 is 5.73 Å². The van der Waals surface area contributed by atoms with E-state index in [0.29, 0.717) is 13.0 Å². The highest BCUT2D eigenvalue weighted by molar-refractivity contribution is 14.1. The van der Waals surface area contributed by atoms with E-state index < -0.39 is 6.09 Å². The van der Waals surface area contributed by atoms with Crippen molar-refractivity contribution in [3.63, 3.8) is 0 Å². The highest BCUT2D eigenvalue weighted by Gasteiger charge is 2.15. The van der Waals surface area contributed by atoms with E-state index in [-0.39, 0.29) is 12.9 Å². The summed E-state index contributed by atoms with van der Waals surface area (Å²) in [5.74, 6) is 0. The molecule has 1 aromatic rings. The molecule has 0 saturated carbocycles. The van der Waals surface area contributed by atoms with Crippen LogP contribution in [0, 0.1) is 3.57 Å². The number of hydrogen-bond donors (Lipinski definition) is 1. The normalized spacial score (nSPS) is 12.1. The molecular formula is C13H18INO4. The first kappa shape index (κ1) is 16.2. The summed E-state index contributed by atoms with van der Waals surface area (Å²) in [6, 6.07) is 7.80. The van der Waals surface area contributed by atoms with Gasteiger partial charge in [-0.15, -0.1) is 0 Å². The van der Waals surface area contributed by atoms with Gasteiger partial charge in [0.15, 0.2) is 0 Å². The van der Waals surface area contributed by atoms with Crippen LogP contribution in [0.3, 0.4) is 0 Å². The van der Waals surface area contributed by atoms with Crippen LogP contribution in [0.25, 0.3) is 0 Å². The second kappa shape index (κ2) is 9.11. The lowest BCUT2D eigenvalue weighted by atomic mass is 10.1. The van der Waals surface area contributed by atoms with Gasteiger partial charge in [0.1, 0.15) is 12.9 Å². The Labute approximate surface area is 126 Å². The number of ether oxygens (including phenoxy) is 3. The average Bonchev–Trinajstić information content (AvgIpc) is 2.36. The number of rotatable bonds is 8. The topological polar surface area (TPSA) is 70.8 Å². The van der Waals surface area contributed by atoms with Crippen molar-refractivity contribution < 1.29 is 19.0 Å². The number of halogens is 1. The fourth-order valence-electron chi connectivity index (χ4n) is 1.65. The van der Waals surface area contributed by atoms with Crippen LogP contribution in [0.5, 0.6) is 0 Å². The lowest BCUT2D eigenvalue weighted by Crippen LogP contribution is -2.18. The van der Waals surface area contributed by atoms with Gasteiger partial charge >= 0.3 is 6.09 Å². The molecule has 0 aliphatic rings. The molecule has 5 nitrogen and oxygen atoms in total. The minimum absolute atomic E-state index is 0.268. The molecule has 0 fully saturated rings. The Bertz CT molecular complexity index is 400. The highest BCUT2D eigenvalue weighted by Crippen LogP contribution is 2.24. The number of carbonyl (C=O) groups excluding carboxylic acids is 1. The minimum Gasteiger partial charge on any atom is -0.442 e. The van der Waals surface area contributed by atoms with E-state index in [1.807, 2.05) is 24.3 Å². The number of amides is 1. The van der Waals surface area contributed by atoms with Gasteiger partial charge in [-0.3, -0.25) is 0 Å². The molecular weight excluding hydrogens is 361 g/mol. The molecule has 0 aliphatic carbocycles. The Hall–Kier alpha value is -0.860. The molecule has 0 aromatic heterocycles. The van der Waals surface area contributed by atoms with E-state index in [1.54, 1.807) is 7.11 Å². The zero-order valence-corrected chi connectivity index (χ0v) is 13.0. The van der Waals surface area contributed by atoms with Crippen LogP contribution in [-0.4, -0.2) is 26.6 Å². The average molecular weight is 379 g/mol. The van der Waals surface area contributed by atoms with Gasteiger partial charge in [-0.2, -0.15) is 0 Å². The van der Waals surface area contributed by atoms with E-state index in [9.17, 15) is 4.79 Å². The summed E-state index contributed by atoms with van der Waals surface area (Å²) in [5, 5.41) is 0. The van der Waals surface area contributed by atoms with E-state index in [4.69, 9.17) is 19.9 Å². The molecule has 106 valence electrons. The van der Waals surface area contributed by atoms with Crippen molar-refractivity contribution in [2.24, 2.45) is 5.73 Å². The zero-order valence-electron chi connectivity index (χ0n) is 10.8. The molecule has 1 amide bonds. The van der Waals surface area contributed by atoms with Crippen molar-refractivity contribution in [2.75, 3.05) is 20.5 Å². The summed E-state index contributed by atoms with van der Waals surface area (Å²) in [6.45, 7) is 0.820. The number of methoxy groups -OCH3 is 1. The molecule has 19 heavy (non-hydrogen) atoms. The van der Waals surface area contributed by atoms with Gasteiger partial charge in [0.25, 0.3) is 0 Å². The molecule has 0 bridgehead atoms. The molecule has 0 heterocycles. The van der Waals surface area contributed by atoms with E-state index in [1.165, 1.54) is 0 Å². The maximum absolute atomic E-state index is 11.0. The molecule has 1 rings (SSSR count). The lowest BCUT2D eigenvalue weighted by Gasteiger charge is -2.17. The predicted molar refractivity (Wildman–Crippen MR) is 79.6 cm³/mol. The fourth-order valence-corrected chi connectivity index (χ4v) is 2.22. The second-order valence-electron chi connectivity index (χ2n) is 3.94. The van der Waals surface area contributed by atoms with Crippen LogP contribution in [0.15, 0.2) is 24.3 Å². The van der Waals surface area contributed by atoms with Gasteiger partial charge in [0.2, 0.25) is 0 Å². The first-order valence-corrected chi connectivity index (χ1v) is 6.99. The van der Waals surface area contributed by atoms with Crippen molar-refractivity contribution in [3.8, 4) is 0 Å². The van der Waals surface area contributed by atoms with Crippen LogP contribution in [0.4, 0.5) is 4.79 Å². The molecule has 0 saturated heterocycles. The second-order valence-corrected chi connectivity index (χ2v) is 5.18. The molecule has 1 atom stereocenters. The van der Waals surface area contributed by atoms with Gasteiger partial charge in [0.05, 0.1) is 0 Å². The number of hydrogen-bond acceptors (Lipinski definition) is 4. The van der Waals surface area contributed by atoms with Crippen molar-refractivity contribution >= 4 is 28.7 Å². The summed E-state index contributed by atoms with van der Waals surface area (Å²) in [4.78, 5) is 11.0. The van der Waals surface area contributed by atoms with Gasteiger partial charge in [-0.25, -0.2) is 4.79 Å². The van der Waals surface area contributed by atoms with Crippen LogP contribution in [0.2, 0.25) is 0 Å². The van der Waals surface area contributed by atoms with Gasteiger partial charge in [-0.1, -0.05) is 12.1 Å². The van der Waals surface area contributed by atoms with E-state index >= 15 is 0 Å². The standard InChI is InChI=1S/C13H18INO4/c1-17-9-18-7-3-6-12(19-13(15)16)10-4-2-5-11(14)8-10/h2,4-5,8,12H,3,6-7,9H2,1H3,(H2,15,16)/t12-/m0/s1.